The largest absolute Gasteiger partial charge is 0.422 e. The van der Waals surface area contributed by atoms with E-state index in [1.807, 2.05) is 38.1 Å². The van der Waals surface area contributed by atoms with Crippen LogP contribution < -0.4 is 4.74 Å². The number of benzene rings is 2. The fourth-order valence-electron chi connectivity index (χ4n) is 4.79. The van der Waals surface area contributed by atoms with E-state index in [0.717, 1.165) is 49.5 Å². The van der Waals surface area contributed by atoms with E-state index in [-0.39, 0.29) is 17.3 Å². The van der Waals surface area contributed by atoms with Crippen LogP contribution in [-0.4, -0.2) is 25.5 Å². The molecule has 0 aliphatic carbocycles. The van der Waals surface area contributed by atoms with Crippen molar-refractivity contribution in [1.82, 2.24) is 0 Å². The molecule has 0 heterocycles. The van der Waals surface area contributed by atoms with Crippen LogP contribution in [0.25, 0.3) is 0 Å². The van der Waals surface area contributed by atoms with Crippen molar-refractivity contribution >= 4 is 12.3 Å². The first-order valence-electron chi connectivity index (χ1n) is 13.7. The van der Waals surface area contributed by atoms with E-state index in [1.165, 1.54) is 11.1 Å². The molecule has 2 aromatic carbocycles. The number of ether oxygens (including phenoxy) is 2. The molecule has 0 radical (unpaired) electrons. The van der Waals surface area contributed by atoms with Crippen molar-refractivity contribution in [1.29, 1.82) is 0 Å². The van der Waals surface area contributed by atoms with Crippen LogP contribution >= 0.6 is 0 Å². The number of rotatable bonds is 15. The first-order valence-corrected chi connectivity index (χ1v) is 13.7. The highest BCUT2D eigenvalue weighted by molar-refractivity contribution is 5.91. The van der Waals surface area contributed by atoms with Crippen molar-refractivity contribution < 1.29 is 19.1 Å². The van der Waals surface area contributed by atoms with E-state index in [0.29, 0.717) is 30.9 Å². The zero-order valence-electron chi connectivity index (χ0n) is 23.5. The molecule has 198 valence electrons. The normalized spacial score (nSPS) is 13.3. The van der Waals surface area contributed by atoms with Crippen molar-refractivity contribution in [2.24, 2.45) is 5.92 Å². The lowest BCUT2D eigenvalue weighted by molar-refractivity contribution is -0.109. The molecule has 4 heteroatoms. The van der Waals surface area contributed by atoms with E-state index < -0.39 is 5.97 Å². The number of unbranched alkanes of at least 4 members (excludes halogenated alkanes) is 1. The van der Waals surface area contributed by atoms with Gasteiger partial charge in [0.05, 0.1) is 5.56 Å². The Bertz CT molecular complexity index is 974. The van der Waals surface area contributed by atoms with Crippen LogP contribution in [0.4, 0.5) is 0 Å². The molecule has 0 aromatic heterocycles. The third-order valence-corrected chi connectivity index (χ3v) is 6.99. The number of esters is 1. The minimum atomic E-state index is -0.394. The van der Waals surface area contributed by atoms with E-state index in [2.05, 4.69) is 46.8 Å². The van der Waals surface area contributed by atoms with Crippen molar-refractivity contribution in [3.8, 4) is 5.75 Å². The summed E-state index contributed by atoms with van der Waals surface area (Å²) in [7, 11) is 0. The van der Waals surface area contributed by atoms with E-state index in [9.17, 15) is 9.59 Å². The lowest BCUT2D eigenvalue weighted by Crippen LogP contribution is -2.20. The van der Waals surface area contributed by atoms with Gasteiger partial charge in [0.2, 0.25) is 0 Å². The van der Waals surface area contributed by atoms with Crippen LogP contribution in [0.15, 0.2) is 36.4 Å². The summed E-state index contributed by atoms with van der Waals surface area (Å²) in [6.07, 6.45) is 6.99. The number of aldehydes is 1. The summed E-state index contributed by atoms with van der Waals surface area (Å²) >= 11 is 0. The molecule has 0 fully saturated rings. The van der Waals surface area contributed by atoms with Crippen molar-refractivity contribution in [3.63, 3.8) is 0 Å². The summed E-state index contributed by atoms with van der Waals surface area (Å²) in [5.41, 5.74) is 4.53. The van der Waals surface area contributed by atoms with Gasteiger partial charge in [-0.25, -0.2) is 4.79 Å². The van der Waals surface area contributed by atoms with Gasteiger partial charge in [-0.15, -0.1) is 0 Å². The molecule has 0 aliphatic rings. The quantitative estimate of drug-likeness (QED) is 0.143. The van der Waals surface area contributed by atoms with Gasteiger partial charge in [-0.2, -0.15) is 0 Å². The molecule has 2 atom stereocenters. The summed E-state index contributed by atoms with van der Waals surface area (Å²) in [6.45, 7) is 16.1. The van der Waals surface area contributed by atoms with E-state index in [4.69, 9.17) is 9.47 Å². The summed E-state index contributed by atoms with van der Waals surface area (Å²) in [5.74, 6) is -0.0662. The molecule has 36 heavy (non-hydrogen) atoms. The molecule has 2 rings (SSSR count). The van der Waals surface area contributed by atoms with E-state index >= 15 is 0 Å². The molecule has 0 saturated heterocycles. The van der Waals surface area contributed by atoms with Gasteiger partial charge >= 0.3 is 5.97 Å². The summed E-state index contributed by atoms with van der Waals surface area (Å²) in [4.78, 5) is 25.5. The number of aryl methyl sites for hydroxylation is 2. The van der Waals surface area contributed by atoms with Crippen LogP contribution in [-0.2, 0) is 21.4 Å². The lowest BCUT2D eigenvalue weighted by Gasteiger charge is -2.28. The second-order valence-corrected chi connectivity index (χ2v) is 10.8. The zero-order valence-corrected chi connectivity index (χ0v) is 23.5. The smallest absolute Gasteiger partial charge is 0.343 e. The fourth-order valence-corrected chi connectivity index (χ4v) is 4.79. The number of hydrogen-bond acceptors (Lipinski definition) is 4. The van der Waals surface area contributed by atoms with Gasteiger partial charge < -0.3 is 14.3 Å². The Labute approximate surface area is 218 Å². The summed E-state index contributed by atoms with van der Waals surface area (Å²) in [5, 5.41) is 0. The average molecular weight is 495 g/mol. The number of carbonyl (C=O) groups excluding carboxylic acids is 2. The predicted molar refractivity (Wildman–Crippen MR) is 148 cm³/mol. The summed E-state index contributed by atoms with van der Waals surface area (Å²) in [6, 6.07) is 11.9. The standard InChI is InChI=1S/C32H46O4/c1-8-11-12-25-13-15-26(16-14-25)31(34)36-30-24(5)19-28(32(6,7)17-9-2)20-29(30)27(21-33)18-23(4)22-35-10-3/h13-16,19-21,23,27H,8-12,17-18,22H2,1-7H3. The minimum Gasteiger partial charge on any atom is -0.422 e. The lowest BCUT2D eigenvalue weighted by atomic mass is 9.77. The first-order chi connectivity index (χ1) is 17.2. The van der Waals surface area contributed by atoms with Crippen LogP contribution in [0.5, 0.6) is 5.75 Å². The van der Waals surface area contributed by atoms with Gasteiger partial charge in [0.15, 0.2) is 0 Å². The van der Waals surface area contributed by atoms with Gasteiger partial charge in [0.25, 0.3) is 0 Å². The maximum Gasteiger partial charge on any atom is 0.343 e. The molecule has 0 aliphatic heterocycles. The highest BCUT2D eigenvalue weighted by Gasteiger charge is 2.27. The molecule has 0 bridgehead atoms. The molecule has 0 amide bonds. The van der Waals surface area contributed by atoms with Gasteiger partial charge in [0.1, 0.15) is 12.0 Å². The van der Waals surface area contributed by atoms with E-state index in [1.54, 1.807) is 0 Å². The number of carbonyl (C=O) groups is 2. The predicted octanol–water partition coefficient (Wildman–Crippen LogP) is 7.98. The molecular formula is C32H46O4. The second-order valence-electron chi connectivity index (χ2n) is 10.8. The van der Waals surface area contributed by atoms with Gasteiger partial charge in [-0.1, -0.05) is 71.7 Å². The first kappa shape index (κ1) is 29.8. The Hall–Kier alpha value is -2.46. The van der Waals surface area contributed by atoms with Crippen LogP contribution in [0, 0.1) is 12.8 Å². The third-order valence-electron chi connectivity index (χ3n) is 6.99. The minimum absolute atomic E-state index is 0.0461. The van der Waals surface area contributed by atoms with Crippen LogP contribution in [0.1, 0.15) is 112 Å². The number of hydrogen-bond donors (Lipinski definition) is 0. The molecule has 0 spiro atoms. The molecule has 4 nitrogen and oxygen atoms in total. The molecule has 0 saturated carbocycles. The maximum absolute atomic E-state index is 13.2. The van der Waals surface area contributed by atoms with Crippen molar-refractivity contribution in [2.75, 3.05) is 13.2 Å². The van der Waals surface area contributed by atoms with Gasteiger partial charge in [-0.3, -0.25) is 0 Å². The third kappa shape index (κ3) is 8.30. The van der Waals surface area contributed by atoms with Gasteiger partial charge in [0, 0.05) is 24.7 Å². The van der Waals surface area contributed by atoms with Crippen LogP contribution in [0.2, 0.25) is 0 Å². The van der Waals surface area contributed by atoms with Crippen molar-refractivity contribution in [3.05, 3.63) is 64.2 Å². The van der Waals surface area contributed by atoms with Crippen LogP contribution in [0.3, 0.4) is 0 Å². The Balaban J connectivity index is 2.44. The Morgan fingerprint density at radius 2 is 1.75 bits per heavy atom. The average Bonchev–Trinajstić information content (AvgIpc) is 2.86. The molecular weight excluding hydrogens is 448 g/mol. The topological polar surface area (TPSA) is 52.6 Å². The van der Waals surface area contributed by atoms with Gasteiger partial charge in [-0.05, 0) is 79.7 Å². The Kier molecular flexibility index (Phi) is 11.8. The Morgan fingerprint density at radius 1 is 1.06 bits per heavy atom. The fraction of sp³-hybridized carbons (Fsp3) is 0.562. The molecule has 2 aromatic rings. The zero-order chi connectivity index (χ0) is 26.7. The maximum atomic E-state index is 13.2. The highest BCUT2D eigenvalue weighted by atomic mass is 16.5. The molecule has 2 unspecified atom stereocenters. The summed E-state index contributed by atoms with van der Waals surface area (Å²) < 4.78 is 11.6. The van der Waals surface area contributed by atoms with Crippen molar-refractivity contribution in [2.45, 2.75) is 98.3 Å². The monoisotopic (exact) mass is 494 g/mol. The highest BCUT2D eigenvalue weighted by Crippen LogP contribution is 2.39. The second kappa shape index (κ2) is 14.3. The SMILES string of the molecule is CCCCc1ccc(C(=O)Oc2c(C)cc(C(C)(C)CCC)cc2C(C=O)CC(C)COCC)cc1. The molecule has 0 N–H and O–H groups in total. The Morgan fingerprint density at radius 3 is 2.33 bits per heavy atom.